The summed E-state index contributed by atoms with van der Waals surface area (Å²) in [7, 11) is 3.55. The third-order valence-electron chi connectivity index (χ3n) is 3.60. The van der Waals surface area contributed by atoms with E-state index in [2.05, 4.69) is 0 Å². The minimum atomic E-state index is -0.351. The molecule has 1 unspecified atom stereocenters. The minimum absolute atomic E-state index is 0.0625. The molecule has 5 nitrogen and oxygen atoms in total. The lowest BCUT2D eigenvalue weighted by Crippen LogP contribution is -2.56. The maximum Gasteiger partial charge on any atom is 0.270 e. The van der Waals surface area contributed by atoms with Gasteiger partial charge in [-0.15, -0.1) is 0 Å². The molecule has 1 atom stereocenters. The van der Waals surface area contributed by atoms with Gasteiger partial charge in [-0.05, 0) is 32.4 Å². The lowest BCUT2D eigenvalue weighted by atomic mass is 10.0. The Morgan fingerprint density at radius 3 is 2.80 bits per heavy atom. The van der Waals surface area contributed by atoms with Gasteiger partial charge in [0.15, 0.2) is 0 Å². The molecule has 0 aliphatic carbocycles. The predicted octanol–water partition coefficient (Wildman–Crippen LogP) is 1.60. The Bertz CT molecular complexity index is 474. The van der Waals surface area contributed by atoms with Gasteiger partial charge in [0.25, 0.3) is 5.91 Å². The third kappa shape index (κ3) is 3.04. The lowest BCUT2D eigenvalue weighted by molar-refractivity contribution is -0.143. The normalized spacial score (nSPS) is 22.1. The van der Waals surface area contributed by atoms with E-state index in [9.17, 15) is 4.79 Å². The first-order chi connectivity index (χ1) is 9.34. The summed E-state index contributed by atoms with van der Waals surface area (Å²) in [5.74, 6) is 0.0625. The van der Waals surface area contributed by atoms with Gasteiger partial charge in [-0.2, -0.15) is 0 Å². The Balaban J connectivity index is 2.20. The second-order valence-corrected chi connectivity index (χ2v) is 6.10. The smallest absolute Gasteiger partial charge is 0.270 e. The number of morpholine rings is 1. The standard InChI is InChI=1S/C15H24N2O3/c1-11-6-7-16(4)13(11)14(18)17-8-12(9-19-5)20-15(2,3)10-17/h6-7,12H,8-10H2,1-5H3. The highest BCUT2D eigenvalue weighted by Crippen LogP contribution is 2.23. The molecule has 112 valence electrons. The summed E-state index contributed by atoms with van der Waals surface area (Å²) in [5, 5.41) is 0. The van der Waals surface area contributed by atoms with Crippen LogP contribution in [-0.4, -0.2) is 53.9 Å². The number of rotatable bonds is 3. The van der Waals surface area contributed by atoms with Gasteiger partial charge in [0.1, 0.15) is 5.69 Å². The van der Waals surface area contributed by atoms with Crippen LogP contribution >= 0.6 is 0 Å². The third-order valence-corrected chi connectivity index (χ3v) is 3.60. The number of nitrogens with zero attached hydrogens (tertiary/aromatic N) is 2. The number of amides is 1. The van der Waals surface area contributed by atoms with E-state index in [0.717, 1.165) is 11.3 Å². The molecule has 1 aliphatic rings. The van der Waals surface area contributed by atoms with Gasteiger partial charge in [-0.25, -0.2) is 0 Å². The highest BCUT2D eigenvalue weighted by Gasteiger charge is 2.36. The van der Waals surface area contributed by atoms with Crippen LogP contribution in [-0.2, 0) is 16.5 Å². The van der Waals surface area contributed by atoms with Crippen molar-refractivity contribution in [1.82, 2.24) is 9.47 Å². The number of carbonyl (C=O) groups is 1. The maximum absolute atomic E-state index is 12.7. The second-order valence-electron chi connectivity index (χ2n) is 6.10. The van der Waals surface area contributed by atoms with Crippen LogP contribution in [0, 0.1) is 6.92 Å². The summed E-state index contributed by atoms with van der Waals surface area (Å²) >= 11 is 0. The van der Waals surface area contributed by atoms with E-state index < -0.39 is 0 Å². The zero-order valence-electron chi connectivity index (χ0n) is 13.0. The topological polar surface area (TPSA) is 43.7 Å². The van der Waals surface area contributed by atoms with E-state index in [1.165, 1.54) is 0 Å². The minimum Gasteiger partial charge on any atom is -0.382 e. The number of methoxy groups -OCH3 is 1. The number of hydrogen-bond acceptors (Lipinski definition) is 3. The van der Waals surface area contributed by atoms with Crippen molar-refractivity contribution in [2.24, 2.45) is 7.05 Å². The SMILES string of the molecule is COCC1CN(C(=O)c2c(C)ccn2C)CC(C)(C)O1. The number of ether oxygens (including phenoxy) is 2. The van der Waals surface area contributed by atoms with E-state index in [4.69, 9.17) is 9.47 Å². The molecular weight excluding hydrogens is 256 g/mol. The Morgan fingerprint density at radius 2 is 2.25 bits per heavy atom. The Kier molecular flexibility index (Phi) is 4.20. The van der Waals surface area contributed by atoms with E-state index in [1.54, 1.807) is 7.11 Å². The zero-order valence-corrected chi connectivity index (χ0v) is 13.0. The zero-order chi connectivity index (χ0) is 14.9. The van der Waals surface area contributed by atoms with E-state index >= 15 is 0 Å². The number of aromatic nitrogens is 1. The first-order valence-electron chi connectivity index (χ1n) is 6.92. The number of aryl methyl sites for hydroxylation is 2. The molecule has 0 N–H and O–H groups in total. The van der Waals surface area contributed by atoms with E-state index in [1.807, 2.05) is 49.5 Å². The second kappa shape index (κ2) is 5.58. The van der Waals surface area contributed by atoms with Crippen molar-refractivity contribution in [2.45, 2.75) is 32.5 Å². The van der Waals surface area contributed by atoms with Gasteiger partial charge < -0.3 is 18.9 Å². The van der Waals surface area contributed by atoms with Crippen LogP contribution in [0.4, 0.5) is 0 Å². The molecule has 1 aliphatic heterocycles. The van der Waals surface area contributed by atoms with Gasteiger partial charge in [0.2, 0.25) is 0 Å². The highest BCUT2D eigenvalue weighted by atomic mass is 16.5. The average molecular weight is 280 g/mol. The van der Waals surface area contributed by atoms with Gasteiger partial charge in [0, 0.05) is 33.4 Å². The molecule has 2 heterocycles. The van der Waals surface area contributed by atoms with Crippen LogP contribution in [0.2, 0.25) is 0 Å². The number of carbonyl (C=O) groups excluding carboxylic acids is 1. The van der Waals surface area contributed by atoms with Crippen molar-refractivity contribution >= 4 is 5.91 Å². The van der Waals surface area contributed by atoms with Gasteiger partial charge in [0.05, 0.1) is 18.3 Å². The van der Waals surface area contributed by atoms with Crippen LogP contribution in [0.15, 0.2) is 12.3 Å². The fourth-order valence-corrected chi connectivity index (χ4v) is 2.85. The Hall–Kier alpha value is -1.33. The van der Waals surface area contributed by atoms with Crippen molar-refractivity contribution in [1.29, 1.82) is 0 Å². The van der Waals surface area contributed by atoms with Crippen LogP contribution in [0.1, 0.15) is 29.9 Å². The lowest BCUT2D eigenvalue weighted by Gasteiger charge is -2.42. The van der Waals surface area contributed by atoms with Crippen molar-refractivity contribution in [3.63, 3.8) is 0 Å². The molecule has 0 saturated carbocycles. The largest absolute Gasteiger partial charge is 0.382 e. The molecule has 0 bridgehead atoms. The molecule has 0 spiro atoms. The quantitative estimate of drug-likeness (QED) is 0.844. The molecule has 5 heteroatoms. The van der Waals surface area contributed by atoms with E-state index in [0.29, 0.717) is 19.7 Å². The Morgan fingerprint density at radius 1 is 1.55 bits per heavy atom. The molecule has 20 heavy (non-hydrogen) atoms. The fourth-order valence-electron chi connectivity index (χ4n) is 2.85. The molecule has 1 saturated heterocycles. The average Bonchev–Trinajstić information content (AvgIpc) is 2.66. The van der Waals surface area contributed by atoms with Gasteiger partial charge in [-0.3, -0.25) is 4.79 Å². The summed E-state index contributed by atoms with van der Waals surface area (Å²) in [6.45, 7) is 7.64. The van der Waals surface area contributed by atoms with E-state index in [-0.39, 0.29) is 17.6 Å². The maximum atomic E-state index is 12.7. The Labute approximate surface area is 120 Å². The molecule has 1 amide bonds. The first kappa shape index (κ1) is 15.1. The summed E-state index contributed by atoms with van der Waals surface area (Å²) in [5.41, 5.74) is 1.40. The van der Waals surface area contributed by atoms with Crippen LogP contribution in [0.25, 0.3) is 0 Å². The van der Waals surface area contributed by atoms with Crippen molar-refractivity contribution in [3.05, 3.63) is 23.5 Å². The van der Waals surface area contributed by atoms with Crippen LogP contribution in [0.5, 0.6) is 0 Å². The van der Waals surface area contributed by atoms with Gasteiger partial charge in [-0.1, -0.05) is 0 Å². The van der Waals surface area contributed by atoms with Crippen LogP contribution < -0.4 is 0 Å². The highest BCUT2D eigenvalue weighted by molar-refractivity contribution is 5.94. The van der Waals surface area contributed by atoms with Crippen molar-refractivity contribution < 1.29 is 14.3 Å². The molecule has 0 radical (unpaired) electrons. The molecule has 1 aromatic rings. The molecule has 0 aromatic carbocycles. The summed E-state index contributed by atoms with van der Waals surface area (Å²) in [6, 6.07) is 1.96. The monoisotopic (exact) mass is 280 g/mol. The summed E-state index contributed by atoms with van der Waals surface area (Å²) < 4.78 is 13.0. The first-order valence-corrected chi connectivity index (χ1v) is 6.92. The summed E-state index contributed by atoms with van der Waals surface area (Å²) in [6.07, 6.45) is 1.84. The molecule has 1 aromatic heterocycles. The van der Waals surface area contributed by atoms with Gasteiger partial charge >= 0.3 is 0 Å². The fraction of sp³-hybridized carbons (Fsp3) is 0.667. The molecule has 1 fully saturated rings. The number of hydrogen-bond donors (Lipinski definition) is 0. The predicted molar refractivity (Wildman–Crippen MR) is 76.9 cm³/mol. The molecular formula is C15H24N2O3. The van der Waals surface area contributed by atoms with Crippen molar-refractivity contribution in [3.8, 4) is 0 Å². The summed E-state index contributed by atoms with van der Waals surface area (Å²) in [4.78, 5) is 14.6. The molecule has 2 rings (SSSR count). The van der Waals surface area contributed by atoms with Crippen molar-refractivity contribution in [2.75, 3.05) is 26.8 Å². The van der Waals surface area contributed by atoms with Crippen LogP contribution in [0.3, 0.4) is 0 Å².